The fourth-order valence-corrected chi connectivity index (χ4v) is 4.14. The van der Waals surface area contributed by atoms with Gasteiger partial charge in [-0.05, 0) is 25.7 Å². The van der Waals surface area contributed by atoms with Gasteiger partial charge in [0.25, 0.3) is 5.56 Å². The quantitative estimate of drug-likeness (QED) is 0.544. The van der Waals surface area contributed by atoms with Gasteiger partial charge >= 0.3 is 5.69 Å². The number of hydrogen-bond acceptors (Lipinski definition) is 7. The van der Waals surface area contributed by atoms with Crippen molar-refractivity contribution in [1.29, 1.82) is 0 Å². The van der Waals surface area contributed by atoms with Gasteiger partial charge in [-0.25, -0.2) is 14.8 Å². The summed E-state index contributed by atoms with van der Waals surface area (Å²) in [7, 11) is 3.03. The molecule has 1 unspecified atom stereocenters. The molecule has 0 spiro atoms. The van der Waals surface area contributed by atoms with Crippen LogP contribution in [0.25, 0.3) is 11.0 Å². The van der Waals surface area contributed by atoms with E-state index in [1.165, 1.54) is 23.4 Å². The highest BCUT2D eigenvalue weighted by Crippen LogP contribution is 2.39. The highest BCUT2D eigenvalue weighted by atomic mass is 32.2. The fourth-order valence-electron chi connectivity index (χ4n) is 3.29. The lowest BCUT2D eigenvalue weighted by atomic mass is 10.2. The minimum absolute atomic E-state index is 0.0807. The van der Waals surface area contributed by atoms with E-state index in [0.717, 1.165) is 36.9 Å². The van der Waals surface area contributed by atoms with Gasteiger partial charge in [-0.1, -0.05) is 11.8 Å². The number of carbonyl (C=O) groups is 1. The van der Waals surface area contributed by atoms with Gasteiger partial charge in [0.15, 0.2) is 5.65 Å². The molecule has 0 bridgehead atoms. The number of fused-ring (bicyclic) bond motifs is 1. The van der Waals surface area contributed by atoms with Crippen LogP contribution in [0.5, 0.6) is 0 Å². The van der Waals surface area contributed by atoms with Gasteiger partial charge in [0.2, 0.25) is 5.91 Å². The Kier molecular flexibility index (Phi) is 5.24. The molecule has 150 valence electrons. The average Bonchev–Trinajstić information content (AvgIpc) is 3.42. The van der Waals surface area contributed by atoms with E-state index in [2.05, 4.69) is 15.3 Å². The van der Waals surface area contributed by atoms with Crippen molar-refractivity contribution >= 4 is 28.7 Å². The van der Waals surface area contributed by atoms with Crippen molar-refractivity contribution in [2.45, 2.75) is 42.7 Å². The Balaban J connectivity index is 1.60. The molecule has 2 aromatic heterocycles. The van der Waals surface area contributed by atoms with E-state index >= 15 is 0 Å². The molecule has 1 atom stereocenters. The van der Waals surface area contributed by atoms with Crippen LogP contribution in [0.3, 0.4) is 0 Å². The molecule has 9 nitrogen and oxygen atoms in total. The molecule has 10 heteroatoms. The van der Waals surface area contributed by atoms with Crippen LogP contribution in [0.15, 0.2) is 14.6 Å². The molecule has 28 heavy (non-hydrogen) atoms. The normalized spacial score (nSPS) is 19.3. The molecule has 0 radical (unpaired) electrons. The van der Waals surface area contributed by atoms with Crippen LogP contribution in [-0.2, 0) is 23.6 Å². The molecule has 0 aromatic carbocycles. The van der Waals surface area contributed by atoms with E-state index in [-0.39, 0.29) is 29.1 Å². The summed E-state index contributed by atoms with van der Waals surface area (Å²) in [6.45, 7) is 1.24. The Morgan fingerprint density at radius 1 is 1.21 bits per heavy atom. The summed E-state index contributed by atoms with van der Waals surface area (Å²) in [6.07, 6.45) is 4.05. The van der Waals surface area contributed by atoms with Crippen molar-refractivity contribution in [3.05, 3.63) is 26.7 Å². The second kappa shape index (κ2) is 7.67. The van der Waals surface area contributed by atoms with Crippen molar-refractivity contribution in [3.8, 4) is 0 Å². The Bertz CT molecular complexity index is 1040. The van der Waals surface area contributed by atoms with Gasteiger partial charge in [0, 0.05) is 33.2 Å². The molecule has 2 aromatic rings. The lowest BCUT2D eigenvalue weighted by molar-refractivity contribution is -0.119. The molecule has 2 aliphatic rings. The van der Waals surface area contributed by atoms with Crippen LogP contribution in [-0.4, -0.2) is 50.0 Å². The molecule has 1 saturated heterocycles. The van der Waals surface area contributed by atoms with Crippen LogP contribution in [0.4, 0.5) is 0 Å². The highest BCUT2D eigenvalue weighted by molar-refractivity contribution is 8.00. The Morgan fingerprint density at radius 3 is 2.68 bits per heavy atom. The van der Waals surface area contributed by atoms with Gasteiger partial charge in [-0.3, -0.25) is 18.7 Å². The van der Waals surface area contributed by atoms with E-state index < -0.39 is 11.2 Å². The Morgan fingerprint density at radius 2 is 2.00 bits per heavy atom. The zero-order valence-electron chi connectivity index (χ0n) is 15.9. The van der Waals surface area contributed by atoms with E-state index in [4.69, 9.17) is 4.74 Å². The number of rotatable bonds is 6. The number of amides is 1. The first-order chi connectivity index (χ1) is 13.5. The van der Waals surface area contributed by atoms with E-state index in [1.54, 1.807) is 7.05 Å². The zero-order chi connectivity index (χ0) is 19.8. The van der Waals surface area contributed by atoms with Gasteiger partial charge < -0.3 is 10.1 Å². The van der Waals surface area contributed by atoms with Gasteiger partial charge in [0.05, 0.1) is 11.9 Å². The van der Waals surface area contributed by atoms with E-state index in [0.29, 0.717) is 23.0 Å². The molecule has 1 aliphatic heterocycles. The molecular weight excluding hydrogens is 382 g/mol. The van der Waals surface area contributed by atoms with Crippen LogP contribution >= 0.6 is 11.8 Å². The number of hydrogen-bond donors (Lipinski definition) is 1. The third-order valence-corrected chi connectivity index (χ3v) is 6.09. The van der Waals surface area contributed by atoms with Crippen molar-refractivity contribution in [2.75, 3.05) is 18.9 Å². The molecule has 1 aliphatic carbocycles. The number of aromatic nitrogens is 4. The largest absolute Gasteiger partial charge is 0.376 e. The summed E-state index contributed by atoms with van der Waals surface area (Å²) in [5, 5.41) is 3.61. The maximum absolute atomic E-state index is 12.7. The summed E-state index contributed by atoms with van der Waals surface area (Å²) >= 11 is 1.20. The first-order valence-corrected chi connectivity index (χ1v) is 10.4. The first-order valence-electron chi connectivity index (χ1n) is 9.44. The molecule has 1 amide bonds. The summed E-state index contributed by atoms with van der Waals surface area (Å²) in [4.78, 5) is 46.3. The SMILES string of the molecule is Cn1c(=O)c2c(SCC(=O)NCC3CCCO3)nc(C3CC3)nc2n(C)c1=O. The predicted molar refractivity (Wildman–Crippen MR) is 105 cm³/mol. The molecule has 2 fully saturated rings. The van der Waals surface area contributed by atoms with Crippen LogP contribution < -0.4 is 16.6 Å². The summed E-state index contributed by atoms with van der Waals surface area (Å²) in [6, 6.07) is 0. The summed E-state index contributed by atoms with van der Waals surface area (Å²) < 4.78 is 7.92. The van der Waals surface area contributed by atoms with E-state index in [1.807, 2.05) is 0 Å². The van der Waals surface area contributed by atoms with Gasteiger partial charge in [-0.15, -0.1) is 0 Å². The topological polar surface area (TPSA) is 108 Å². The zero-order valence-corrected chi connectivity index (χ0v) is 16.8. The second-order valence-electron chi connectivity index (χ2n) is 7.29. The lowest BCUT2D eigenvalue weighted by Gasteiger charge is -2.12. The number of nitrogens with zero attached hydrogens (tertiary/aromatic N) is 4. The third kappa shape index (κ3) is 3.70. The number of thioether (sulfide) groups is 1. The minimum atomic E-state index is -0.442. The van der Waals surface area contributed by atoms with E-state index in [9.17, 15) is 14.4 Å². The number of carbonyl (C=O) groups excluding carboxylic acids is 1. The smallest absolute Gasteiger partial charge is 0.332 e. The lowest BCUT2D eigenvalue weighted by Crippen LogP contribution is -2.38. The van der Waals surface area contributed by atoms with Crippen LogP contribution in [0, 0.1) is 0 Å². The highest BCUT2D eigenvalue weighted by Gasteiger charge is 2.29. The minimum Gasteiger partial charge on any atom is -0.376 e. The standard InChI is InChI=1S/C18H23N5O4S/c1-22-15-13(17(25)23(2)18(22)26)16(21-14(20-15)10-5-6-10)28-9-12(24)19-8-11-4-3-7-27-11/h10-11H,3-9H2,1-2H3,(H,19,24). The monoisotopic (exact) mass is 405 g/mol. The van der Waals surface area contributed by atoms with Crippen molar-refractivity contribution < 1.29 is 9.53 Å². The number of ether oxygens (including phenoxy) is 1. The molecule has 3 heterocycles. The van der Waals surface area contributed by atoms with Gasteiger partial charge in [-0.2, -0.15) is 0 Å². The molecule has 1 saturated carbocycles. The van der Waals surface area contributed by atoms with Crippen molar-refractivity contribution in [1.82, 2.24) is 24.4 Å². The maximum Gasteiger partial charge on any atom is 0.332 e. The molecule has 1 N–H and O–H groups in total. The Labute approximate surface area is 165 Å². The number of nitrogens with one attached hydrogen (secondary N) is 1. The third-order valence-electron chi connectivity index (χ3n) is 5.12. The van der Waals surface area contributed by atoms with Crippen molar-refractivity contribution in [3.63, 3.8) is 0 Å². The van der Waals surface area contributed by atoms with Crippen LogP contribution in [0.1, 0.15) is 37.4 Å². The predicted octanol–water partition coefficient (Wildman–Crippen LogP) is 0.292. The average molecular weight is 405 g/mol. The van der Waals surface area contributed by atoms with Gasteiger partial charge in [0.1, 0.15) is 16.2 Å². The second-order valence-corrected chi connectivity index (χ2v) is 8.26. The summed E-state index contributed by atoms with van der Waals surface area (Å²) in [5.41, 5.74) is -0.543. The first kappa shape index (κ1) is 19.1. The number of aryl methyl sites for hydroxylation is 1. The summed E-state index contributed by atoms with van der Waals surface area (Å²) in [5.74, 6) is 0.894. The maximum atomic E-state index is 12.7. The molecular formula is C18H23N5O4S. The van der Waals surface area contributed by atoms with Crippen molar-refractivity contribution in [2.24, 2.45) is 14.1 Å². The van der Waals surface area contributed by atoms with Crippen LogP contribution in [0.2, 0.25) is 0 Å². The Hall–Kier alpha value is -2.20. The fraction of sp³-hybridized carbons (Fsp3) is 0.611. The molecule has 4 rings (SSSR count).